The zero-order valence-corrected chi connectivity index (χ0v) is 5.90. The van der Waals surface area contributed by atoms with E-state index in [1.165, 1.54) is 0 Å². The fourth-order valence-corrected chi connectivity index (χ4v) is 3.54. The molecule has 11 heavy (non-hydrogen) atoms. The van der Waals surface area contributed by atoms with E-state index in [2.05, 4.69) is 6.07 Å². The van der Waals surface area contributed by atoms with Gasteiger partial charge in [0.1, 0.15) is 5.78 Å². The van der Waals surface area contributed by atoms with E-state index in [0.717, 1.165) is 17.8 Å². The molecule has 0 aromatic carbocycles. The smallest absolute Gasteiger partial charge is 0.141 e. The Morgan fingerprint density at radius 3 is 2.45 bits per heavy atom. The Bertz CT molecular complexity index is 319. The van der Waals surface area contributed by atoms with E-state index in [-0.39, 0.29) is 11.8 Å². The van der Waals surface area contributed by atoms with Crippen molar-refractivity contribution in [1.82, 2.24) is 0 Å². The highest BCUT2D eigenvalue weighted by atomic mass is 16.1. The minimum atomic E-state index is 0.132. The van der Waals surface area contributed by atoms with E-state index in [9.17, 15) is 4.79 Å². The molecular weight excluding hydrogens is 138 g/mol. The van der Waals surface area contributed by atoms with Crippen LogP contribution in [-0.4, -0.2) is 5.78 Å². The van der Waals surface area contributed by atoms with E-state index < -0.39 is 0 Å². The maximum Gasteiger partial charge on any atom is 0.141 e. The molecule has 5 aliphatic rings. The number of ketones is 1. The molecule has 0 heterocycles. The van der Waals surface area contributed by atoms with Gasteiger partial charge < -0.3 is 0 Å². The van der Waals surface area contributed by atoms with E-state index in [1.807, 2.05) is 0 Å². The molecule has 5 fully saturated rings. The summed E-state index contributed by atoms with van der Waals surface area (Å²) in [5.41, 5.74) is 0. The van der Waals surface area contributed by atoms with Gasteiger partial charge in [0.15, 0.2) is 0 Å². The fourth-order valence-electron chi connectivity index (χ4n) is 3.54. The zero-order chi connectivity index (χ0) is 7.33. The van der Waals surface area contributed by atoms with Crippen molar-refractivity contribution in [2.24, 2.45) is 41.4 Å². The van der Waals surface area contributed by atoms with Crippen molar-refractivity contribution in [3.05, 3.63) is 0 Å². The van der Waals surface area contributed by atoms with Crippen molar-refractivity contribution in [2.45, 2.75) is 0 Å². The largest absolute Gasteiger partial charge is 0.299 e. The predicted octanol–water partition coefficient (Wildman–Crippen LogP) is 0.447. The second-order valence-corrected chi connectivity index (χ2v) is 4.42. The number of rotatable bonds is 0. The SMILES string of the molecule is N#C[C@H]1[C@H]2C(=O)C3[C@H]4C([C@H]34)[C@@H]12. The van der Waals surface area contributed by atoms with Gasteiger partial charge in [-0.25, -0.2) is 0 Å². The lowest BCUT2D eigenvalue weighted by atomic mass is 9.87. The molecule has 0 N–H and O–H groups in total. The molecule has 2 nitrogen and oxygen atoms in total. The first kappa shape index (κ1) is 4.92. The first-order valence-corrected chi connectivity index (χ1v) is 4.29. The molecule has 0 saturated heterocycles. The van der Waals surface area contributed by atoms with Crippen LogP contribution >= 0.6 is 0 Å². The number of hydrogen-bond acceptors (Lipinski definition) is 2. The molecule has 5 aliphatic carbocycles. The third kappa shape index (κ3) is 0.306. The molecule has 2 heteroatoms. The van der Waals surface area contributed by atoms with Crippen LogP contribution in [0, 0.1) is 52.8 Å². The average Bonchev–Trinajstić information content (AvgIpc) is 2.84. The predicted molar refractivity (Wildman–Crippen MR) is 35.0 cm³/mol. The van der Waals surface area contributed by atoms with Crippen LogP contribution in [0.1, 0.15) is 0 Å². The van der Waals surface area contributed by atoms with Gasteiger partial charge in [-0.05, 0) is 23.7 Å². The zero-order valence-electron chi connectivity index (χ0n) is 5.90. The van der Waals surface area contributed by atoms with Gasteiger partial charge in [0.05, 0.1) is 12.0 Å². The maximum atomic E-state index is 11.4. The minimum absolute atomic E-state index is 0.132. The van der Waals surface area contributed by atoms with Crippen LogP contribution in [0.2, 0.25) is 0 Å². The maximum absolute atomic E-state index is 11.4. The van der Waals surface area contributed by atoms with Crippen molar-refractivity contribution < 1.29 is 4.79 Å². The lowest BCUT2D eigenvalue weighted by Gasteiger charge is -2.15. The van der Waals surface area contributed by atoms with Gasteiger partial charge in [0, 0.05) is 11.8 Å². The molecule has 5 rings (SSSR count). The van der Waals surface area contributed by atoms with Crippen molar-refractivity contribution in [2.75, 3.05) is 0 Å². The summed E-state index contributed by atoms with van der Waals surface area (Å²) >= 11 is 0. The van der Waals surface area contributed by atoms with Gasteiger partial charge >= 0.3 is 0 Å². The second-order valence-electron chi connectivity index (χ2n) is 4.42. The lowest BCUT2D eigenvalue weighted by Crippen LogP contribution is -2.22. The standard InChI is InChI=1S/C9H7NO/c10-1-2-3-4(2)9(11)8-6-5(3)7(6)8/h2-8H/t2-,3+,4-,5?,6+,7+,8?/m1/s1. The normalized spacial score (nSPS) is 72.6. The van der Waals surface area contributed by atoms with Crippen molar-refractivity contribution >= 4 is 5.78 Å². The summed E-state index contributed by atoms with van der Waals surface area (Å²) in [6, 6.07) is 2.26. The average molecular weight is 145 g/mol. The summed E-state index contributed by atoms with van der Waals surface area (Å²) in [5.74, 6) is 4.10. The van der Waals surface area contributed by atoms with E-state index in [1.54, 1.807) is 0 Å². The molecule has 0 aromatic rings. The van der Waals surface area contributed by atoms with E-state index in [4.69, 9.17) is 5.26 Å². The summed E-state index contributed by atoms with van der Waals surface area (Å²) in [6.07, 6.45) is 0. The Kier molecular flexibility index (Phi) is 0.468. The second kappa shape index (κ2) is 1.04. The molecular formula is C9H7NO. The number of hydrogen-bond donors (Lipinski definition) is 0. The quantitative estimate of drug-likeness (QED) is 0.496. The van der Waals surface area contributed by atoms with Crippen LogP contribution in [0.4, 0.5) is 0 Å². The van der Waals surface area contributed by atoms with Crippen LogP contribution in [-0.2, 0) is 4.79 Å². The van der Waals surface area contributed by atoms with E-state index >= 15 is 0 Å². The Morgan fingerprint density at radius 2 is 1.82 bits per heavy atom. The molecule has 0 unspecified atom stereocenters. The van der Waals surface area contributed by atoms with Crippen LogP contribution in [0.3, 0.4) is 0 Å². The Hall–Kier alpha value is -0.840. The molecule has 0 amide bonds. The van der Waals surface area contributed by atoms with Crippen LogP contribution < -0.4 is 0 Å². The van der Waals surface area contributed by atoms with Gasteiger partial charge in [-0.1, -0.05) is 0 Å². The van der Waals surface area contributed by atoms with Gasteiger partial charge in [-0.2, -0.15) is 5.26 Å². The summed E-state index contributed by atoms with van der Waals surface area (Å²) in [7, 11) is 0. The molecule has 5 atom stereocenters. The number of carbonyl (C=O) groups is 1. The van der Waals surface area contributed by atoms with Crippen LogP contribution in [0.5, 0.6) is 0 Å². The molecule has 5 saturated carbocycles. The number of nitriles is 1. The molecule has 0 spiro atoms. The van der Waals surface area contributed by atoms with E-state index in [0.29, 0.717) is 17.6 Å². The third-order valence-corrected chi connectivity index (χ3v) is 4.21. The Labute approximate surface area is 64.2 Å². The molecule has 0 aromatic heterocycles. The topological polar surface area (TPSA) is 40.9 Å². The third-order valence-electron chi connectivity index (χ3n) is 4.21. The van der Waals surface area contributed by atoms with Crippen LogP contribution in [0.15, 0.2) is 0 Å². The first-order chi connectivity index (χ1) is 5.36. The molecule has 2 bridgehead atoms. The number of Topliss-reactive ketones (excluding diaryl/α,β-unsaturated/α-hetero) is 1. The Balaban J connectivity index is 1.80. The van der Waals surface area contributed by atoms with Crippen molar-refractivity contribution in [3.8, 4) is 6.07 Å². The van der Waals surface area contributed by atoms with Gasteiger partial charge in [0.2, 0.25) is 0 Å². The summed E-state index contributed by atoms with van der Waals surface area (Å²) in [6.45, 7) is 0. The highest BCUT2D eigenvalue weighted by molar-refractivity contribution is 5.94. The molecule has 0 radical (unpaired) electrons. The lowest BCUT2D eigenvalue weighted by molar-refractivity contribution is -0.125. The number of nitrogens with zero attached hydrogens (tertiary/aromatic N) is 1. The van der Waals surface area contributed by atoms with Crippen molar-refractivity contribution in [1.29, 1.82) is 5.26 Å². The minimum Gasteiger partial charge on any atom is -0.299 e. The first-order valence-electron chi connectivity index (χ1n) is 4.29. The molecule has 0 aliphatic heterocycles. The monoisotopic (exact) mass is 145 g/mol. The fraction of sp³-hybridized carbons (Fsp3) is 0.778. The summed E-state index contributed by atoms with van der Waals surface area (Å²) < 4.78 is 0. The van der Waals surface area contributed by atoms with Gasteiger partial charge in [-0.15, -0.1) is 0 Å². The molecule has 54 valence electrons. The van der Waals surface area contributed by atoms with Crippen LogP contribution in [0.25, 0.3) is 0 Å². The van der Waals surface area contributed by atoms with Gasteiger partial charge in [-0.3, -0.25) is 4.79 Å². The number of carbonyl (C=O) groups excluding carboxylic acids is 1. The Morgan fingerprint density at radius 1 is 1.09 bits per heavy atom. The summed E-state index contributed by atoms with van der Waals surface area (Å²) in [4.78, 5) is 11.4. The van der Waals surface area contributed by atoms with Gasteiger partial charge in [0.25, 0.3) is 0 Å². The highest BCUT2D eigenvalue weighted by Crippen LogP contribution is 2.86. The summed E-state index contributed by atoms with van der Waals surface area (Å²) in [5, 5.41) is 8.70. The highest BCUT2D eigenvalue weighted by Gasteiger charge is 2.88. The van der Waals surface area contributed by atoms with Crippen molar-refractivity contribution in [3.63, 3.8) is 0 Å².